The van der Waals surface area contributed by atoms with Gasteiger partial charge in [0.15, 0.2) is 0 Å². The number of nitrogens with zero attached hydrogens (tertiary/aromatic N) is 2. The summed E-state index contributed by atoms with van der Waals surface area (Å²) in [5, 5.41) is 5.97. The normalized spacial score (nSPS) is 20.8. The molecule has 2 rings (SSSR count). The van der Waals surface area contributed by atoms with Gasteiger partial charge in [-0.3, -0.25) is 4.79 Å². The van der Waals surface area contributed by atoms with Crippen LogP contribution in [0.2, 0.25) is 0 Å². The van der Waals surface area contributed by atoms with Crippen molar-refractivity contribution in [2.45, 2.75) is 18.9 Å². The molecule has 80 valence electrons. The minimum atomic E-state index is 0.108. The minimum absolute atomic E-state index is 0.108. The predicted molar refractivity (Wildman–Crippen MR) is 56.1 cm³/mol. The molecule has 0 spiro atoms. The number of nitrogens with one attached hydrogen (secondary N) is 2. The molecule has 0 radical (unpaired) electrons. The number of carbonyl (C=O) groups excluding carboxylic acids is 1. The first-order valence-corrected chi connectivity index (χ1v) is 4.85. The van der Waals surface area contributed by atoms with Crippen LogP contribution in [0.25, 0.3) is 0 Å². The Morgan fingerprint density at radius 2 is 2.33 bits per heavy atom. The largest absolute Gasteiger partial charge is 0.382 e. The van der Waals surface area contributed by atoms with Gasteiger partial charge < -0.3 is 16.4 Å². The molecule has 0 aromatic carbocycles. The number of anilines is 2. The number of nitrogens with two attached hydrogens (primary N) is 1. The molecule has 4 N–H and O–H groups in total. The number of hydrogen-bond donors (Lipinski definition) is 3. The van der Waals surface area contributed by atoms with Crippen LogP contribution in [-0.2, 0) is 4.79 Å². The van der Waals surface area contributed by atoms with E-state index >= 15 is 0 Å². The Labute approximate surface area is 87.3 Å². The molecular formula is C9H13N5O. The first-order chi connectivity index (χ1) is 7.24. The van der Waals surface area contributed by atoms with Crippen molar-refractivity contribution in [3.8, 4) is 0 Å². The smallest absolute Gasteiger partial charge is 0.220 e. The zero-order chi connectivity index (χ0) is 10.7. The van der Waals surface area contributed by atoms with E-state index in [0.717, 1.165) is 6.42 Å². The van der Waals surface area contributed by atoms with Gasteiger partial charge in [-0.25, -0.2) is 9.97 Å². The summed E-state index contributed by atoms with van der Waals surface area (Å²) in [7, 11) is 0. The van der Waals surface area contributed by atoms with Crippen molar-refractivity contribution >= 4 is 17.5 Å². The molecule has 0 saturated carbocycles. The summed E-state index contributed by atoms with van der Waals surface area (Å²) in [6, 6.07) is 0.223. The molecule has 1 unspecified atom stereocenters. The molecule has 1 aliphatic heterocycles. The molecule has 15 heavy (non-hydrogen) atoms. The van der Waals surface area contributed by atoms with Crippen molar-refractivity contribution < 1.29 is 4.79 Å². The first kappa shape index (κ1) is 9.70. The van der Waals surface area contributed by atoms with E-state index in [1.165, 1.54) is 6.20 Å². The Bertz CT molecular complexity index is 340. The lowest BCUT2D eigenvalue weighted by atomic mass is 10.1. The van der Waals surface area contributed by atoms with E-state index in [9.17, 15) is 4.79 Å². The van der Waals surface area contributed by atoms with Gasteiger partial charge >= 0.3 is 0 Å². The second-order valence-electron chi connectivity index (χ2n) is 3.51. The highest BCUT2D eigenvalue weighted by molar-refractivity contribution is 5.76. The Hall–Kier alpha value is -1.85. The van der Waals surface area contributed by atoms with Gasteiger partial charge in [0, 0.05) is 19.0 Å². The van der Waals surface area contributed by atoms with Crippen molar-refractivity contribution in [3.05, 3.63) is 12.4 Å². The number of rotatable bonds is 2. The van der Waals surface area contributed by atoms with Crippen LogP contribution in [0.5, 0.6) is 0 Å². The third-order valence-corrected chi connectivity index (χ3v) is 2.29. The van der Waals surface area contributed by atoms with Gasteiger partial charge in [-0.1, -0.05) is 0 Å². The Kier molecular flexibility index (Phi) is 2.66. The van der Waals surface area contributed by atoms with Gasteiger partial charge in [0.2, 0.25) is 5.91 Å². The van der Waals surface area contributed by atoms with Crippen LogP contribution < -0.4 is 16.4 Å². The average Bonchev–Trinajstić information content (AvgIpc) is 2.25. The average molecular weight is 207 g/mol. The summed E-state index contributed by atoms with van der Waals surface area (Å²) < 4.78 is 0. The van der Waals surface area contributed by atoms with E-state index in [1.807, 2.05) is 0 Å². The third-order valence-electron chi connectivity index (χ3n) is 2.29. The van der Waals surface area contributed by atoms with Crippen LogP contribution in [0.4, 0.5) is 11.6 Å². The molecule has 6 heteroatoms. The molecule has 2 heterocycles. The summed E-state index contributed by atoms with van der Waals surface area (Å²) in [5.41, 5.74) is 5.42. The standard InChI is InChI=1S/C9H13N5O/c10-7-4-12-8(5-11-7)14-6-1-2-9(15)13-3-6/h4-6H,1-3H2,(H2,10,11)(H,12,14)(H,13,15). The fourth-order valence-electron chi connectivity index (χ4n) is 1.48. The van der Waals surface area contributed by atoms with E-state index in [2.05, 4.69) is 20.6 Å². The second kappa shape index (κ2) is 4.12. The first-order valence-electron chi connectivity index (χ1n) is 4.85. The summed E-state index contributed by atoms with van der Waals surface area (Å²) >= 11 is 0. The lowest BCUT2D eigenvalue weighted by Crippen LogP contribution is -2.42. The van der Waals surface area contributed by atoms with Crippen molar-refractivity contribution in [1.29, 1.82) is 0 Å². The van der Waals surface area contributed by atoms with Crippen LogP contribution in [-0.4, -0.2) is 28.5 Å². The number of piperidine rings is 1. The van der Waals surface area contributed by atoms with Crippen molar-refractivity contribution in [3.63, 3.8) is 0 Å². The Morgan fingerprint density at radius 3 is 2.93 bits per heavy atom. The summed E-state index contributed by atoms with van der Waals surface area (Å²) in [6.45, 7) is 0.630. The van der Waals surface area contributed by atoms with Crippen LogP contribution in [0.1, 0.15) is 12.8 Å². The quantitative estimate of drug-likeness (QED) is 0.621. The fourth-order valence-corrected chi connectivity index (χ4v) is 1.48. The van der Waals surface area contributed by atoms with E-state index in [-0.39, 0.29) is 11.9 Å². The Balaban J connectivity index is 1.91. The van der Waals surface area contributed by atoms with Crippen LogP contribution in [0, 0.1) is 0 Å². The topological polar surface area (TPSA) is 92.9 Å². The SMILES string of the molecule is Nc1cnc(NC2CCC(=O)NC2)cn1. The summed E-state index contributed by atoms with van der Waals surface area (Å²) in [6.07, 6.45) is 4.47. The molecule has 1 aromatic rings. The highest BCUT2D eigenvalue weighted by atomic mass is 16.1. The van der Waals surface area contributed by atoms with Crippen LogP contribution in [0.15, 0.2) is 12.4 Å². The molecule has 1 atom stereocenters. The monoisotopic (exact) mass is 207 g/mol. The molecular weight excluding hydrogens is 194 g/mol. The highest BCUT2D eigenvalue weighted by Crippen LogP contribution is 2.09. The van der Waals surface area contributed by atoms with Gasteiger partial charge in [-0.15, -0.1) is 0 Å². The third kappa shape index (κ3) is 2.55. The molecule has 1 aromatic heterocycles. The molecule has 0 aliphatic carbocycles. The van der Waals surface area contributed by atoms with Crippen LogP contribution >= 0.6 is 0 Å². The number of aromatic nitrogens is 2. The maximum Gasteiger partial charge on any atom is 0.220 e. The lowest BCUT2D eigenvalue weighted by Gasteiger charge is -2.23. The van der Waals surface area contributed by atoms with E-state index < -0.39 is 0 Å². The maximum absolute atomic E-state index is 10.9. The Morgan fingerprint density at radius 1 is 1.47 bits per heavy atom. The predicted octanol–water partition coefficient (Wildman–Crippen LogP) is -0.251. The van der Waals surface area contributed by atoms with Gasteiger partial charge in [-0.2, -0.15) is 0 Å². The number of nitrogen functional groups attached to an aromatic ring is 1. The molecule has 1 aliphatic rings. The lowest BCUT2D eigenvalue weighted by molar-refractivity contribution is -0.122. The van der Waals surface area contributed by atoms with E-state index in [4.69, 9.17) is 5.73 Å². The fraction of sp³-hybridized carbons (Fsp3) is 0.444. The zero-order valence-electron chi connectivity index (χ0n) is 8.23. The molecule has 0 bridgehead atoms. The second-order valence-corrected chi connectivity index (χ2v) is 3.51. The van der Waals surface area contributed by atoms with Crippen molar-refractivity contribution in [2.75, 3.05) is 17.6 Å². The highest BCUT2D eigenvalue weighted by Gasteiger charge is 2.17. The van der Waals surface area contributed by atoms with Gasteiger partial charge in [0.25, 0.3) is 0 Å². The summed E-state index contributed by atoms with van der Waals surface area (Å²) in [4.78, 5) is 18.9. The van der Waals surface area contributed by atoms with Gasteiger partial charge in [-0.05, 0) is 6.42 Å². The van der Waals surface area contributed by atoms with Crippen molar-refractivity contribution in [2.24, 2.45) is 0 Å². The molecule has 1 amide bonds. The van der Waals surface area contributed by atoms with E-state index in [0.29, 0.717) is 24.6 Å². The number of amides is 1. The van der Waals surface area contributed by atoms with Crippen molar-refractivity contribution in [1.82, 2.24) is 15.3 Å². The molecule has 6 nitrogen and oxygen atoms in total. The van der Waals surface area contributed by atoms with E-state index in [1.54, 1.807) is 6.20 Å². The minimum Gasteiger partial charge on any atom is -0.382 e. The van der Waals surface area contributed by atoms with Crippen LogP contribution in [0.3, 0.4) is 0 Å². The van der Waals surface area contributed by atoms with Gasteiger partial charge in [0.05, 0.1) is 12.4 Å². The van der Waals surface area contributed by atoms with Gasteiger partial charge in [0.1, 0.15) is 11.6 Å². The molecule has 1 saturated heterocycles. The maximum atomic E-state index is 10.9. The zero-order valence-corrected chi connectivity index (χ0v) is 8.23. The number of hydrogen-bond acceptors (Lipinski definition) is 5. The molecule has 1 fully saturated rings. The number of carbonyl (C=O) groups is 1. The summed E-state index contributed by atoms with van der Waals surface area (Å²) in [5.74, 6) is 1.19.